The second kappa shape index (κ2) is 4.06. The molecule has 0 amide bonds. The topological polar surface area (TPSA) is 29.3 Å². The molecule has 3 aliphatic rings. The predicted octanol–water partition coefficient (Wildman–Crippen LogP) is 1.70. The van der Waals surface area contributed by atoms with Crippen LogP contribution in [-0.2, 0) is 0 Å². The van der Waals surface area contributed by atoms with E-state index in [2.05, 4.69) is 4.90 Å². The normalized spacial score (nSPS) is 45.4. The van der Waals surface area contributed by atoms with Gasteiger partial charge in [0.15, 0.2) is 0 Å². The Labute approximate surface area is 93.2 Å². The molecule has 2 N–H and O–H groups in total. The van der Waals surface area contributed by atoms with Crippen LogP contribution in [0.1, 0.15) is 32.1 Å². The number of fused-ring (bicyclic) bond motifs is 2. The molecule has 15 heavy (non-hydrogen) atoms. The maximum atomic E-state index is 5.74. The van der Waals surface area contributed by atoms with Crippen molar-refractivity contribution in [1.82, 2.24) is 4.90 Å². The molecule has 4 atom stereocenters. The van der Waals surface area contributed by atoms with Crippen molar-refractivity contribution in [3.05, 3.63) is 0 Å². The second-order valence-corrected chi connectivity index (χ2v) is 6.08. The fourth-order valence-corrected chi connectivity index (χ4v) is 4.20. The molecule has 0 aromatic heterocycles. The average molecular weight is 208 g/mol. The summed E-state index contributed by atoms with van der Waals surface area (Å²) in [7, 11) is 0. The van der Waals surface area contributed by atoms with Gasteiger partial charge in [-0.15, -0.1) is 0 Å². The molecular weight excluding hydrogens is 184 g/mol. The fraction of sp³-hybridized carbons (Fsp3) is 1.00. The van der Waals surface area contributed by atoms with Gasteiger partial charge in [-0.2, -0.15) is 0 Å². The summed E-state index contributed by atoms with van der Waals surface area (Å²) < 4.78 is 0. The molecule has 1 saturated heterocycles. The molecule has 1 heterocycles. The number of nitrogens with zero attached hydrogens (tertiary/aromatic N) is 1. The monoisotopic (exact) mass is 208 g/mol. The van der Waals surface area contributed by atoms with Crippen LogP contribution in [0.5, 0.6) is 0 Å². The number of rotatable bonds is 3. The van der Waals surface area contributed by atoms with Gasteiger partial charge < -0.3 is 10.6 Å². The van der Waals surface area contributed by atoms with Crippen molar-refractivity contribution in [2.24, 2.45) is 29.4 Å². The van der Waals surface area contributed by atoms with E-state index in [1.807, 2.05) is 0 Å². The van der Waals surface area contributed by atoms with Crippen LogP contribution in [0.3, 0.4) is 0 Å². The highest BCUT2D eigenvalue weighted by Gasteiger charge is 2.40. The number of likely N-dealkylation sites (tertiary alicyclic amines) is 1. The molecule has 0 aromatic carbocycles. The van der Waals surface area contributed by atoms with Gasteiger partial charge in [0.05, 0.1) is 0 Å². The molecule has 0 spiro atoms. The Balaban J connectivity index is 1.50. The summed E-state index contributed by atoms with van der Waals surface area (Å²) in [4.78, 5) is 2.68. The Morgan fingerprint density at radius 3 is 2.67 bits per heavy atom. The van der Waals surface area contributed by atoms with Crippen molar-refractivity contribution >= 4 is 0 Å². The molecule has 0 aromatic rings. The minimum atomic E-state index is 0.795. The fourth-order valence-electron chi connectivity index (χ4n) is 4.20. The lowest BCUT2D eigenvalue weighted by Gasteiger charge is -2.27. The molecule has 3 fully saturated rings. The van der Waals surface area contributed by atoms with Crippen LogP contribution in [-0.4, -0.2) is 31.1 Å². The highest BCUT2D eigenvalue weighted by Crippen LogP contribution is 2.48. The second-order valence-electron chi connectivity index (χ2n) is 6.08. The van der Waals surface area contributed by atoms with Crippen molar-refractivity contribution < 1.29 is 0 Å². The first kappa shape index (κ1) is 10.1. The Bertz CT molecular complexity index is 229. The summed E-state index contributed by atoms with van der Waals surface area (Å²) in [6.45, 7) is 4.88. The standard InChI is InChI=1S/C13H24N2/c14-7-11-3-4-15(8-11)9-13-6-10-1-2-12(13)5-10/h10-13H,1-9,14H2. The molecular formula is C13H24N2. The Hall–Kier alpha value is -0.0800. The van der Waals surface area contributed by atoms with Gasteiger partial charge in [-0.25, -0.2) is 0 Å². The maximum absolute atomic E-state index is 5.74. The first-order chi connectivity index (χ1) is 7.35. The molecule has 0 radical (unpaired) electrons. The highest BCUT2D eigenvalue weighted by atomic mass is 15.1. The van der Waals surface area contributed by atoms with E-state index in [0.29, 0.717) is 0 Å². The molecule has 1 aliphatic heterocycles. The zero-order valence-corrected chi connectivity index (χ0v) is 9.70. The quantitative estimate of drug-likeness (QED) is 0.765. The Morgan fingerprint density at radius 1 is 1.13 bits per heavy atom. The van der Waals surface area contributed by atoms with E-state index < -0.39 is 0 Å². The maximum Gasteiger partial charge on any atom is 0.00223 e. The summed E-state index contributed by atoms with van der Waals surface area (Å²) in [5.74, 6) is 4.03. The third kappa shape index (κ3) is 1.94. The third-order valence-electron chi connectivity index (χ3n) is 5.08. The van der Waals surface area contributed by atoms with Crippen molar-refractivity contribution in [1.29, 1.82) is 0 Å². The largest absolute Gasteiger partial charge is 0.330 e. The lowest BCUT2D eigenvalue weighted by Crippen LogP contribution is -2.31. The lowest BCUT2D eigenvalue weighted by molar-refractivity contribution is 0.215. The zero-order valence-electron chi connectivity index (χ0n) is 9.70. The van der Waals surface area contributed by atoms with Crippen LogP contribution in [0, 0.1) is 23.7 Å². The van der Waals surface area contributed by atoms with Crippen molar-refractivity contribution in [2.75, 3.05) is 26.2 Å². The van der Waals surface area contributed by atoms with E-state index in [4.69, 9.17) is 5.73 Å². The van der Waals surface area contributed by atoms with E-state index in [1.165, 1.54) is 45.3 Å². The van der Waals surface area contributed by atoms with Gasteiger partial charge in [-0.05, 0) is 62.4 Å². The van der Waals surface area contributed by atoms with Crippen molar-refractivity contribution in [3.8, 4) is 0 Å². The minimum Gasteiger partial charge on any atom is -0.330 e. The number of hydrogen-bond donors (Lipinski definition) is 1. The molecule has 2 bridgehead atoms. The van der Waals surface area contributed by atoms with Crippen LogP contribution in [0.25, 0.3) is 0 Å². The van der Waals surface area contributed by atoms with E-state index >= 15 is 0 Å². The van der Waals surface area contributed by atoms with E-state index in [1.54, 1.807) is 6.42 Å². The van der Waals surface area contributed by atoms with Gasteiger partial charge in [0.1, 0.15) is 0 Å². The van der Waals surface area contributed by atoms with Crippen LogP contribution in [0.2, 0.25) is 0 Å². The van der Waals surface area contributed by atoms with Crippen LogP contribution >= 0.6 is 0 Å². The van der Waals surface area contributed by atoms with Gasteiger partial charge in [0.2, 0.25) is 0 Å². The van der Waals surface area contributed by atoms with E-state index in [9.17, 15) is 0 Å². The van der Waals surface area contributed by atoms with Gasteiger partial charge in [-0.1, -0.05) is 6.42 Å². The van der Waals surface area contributed by atoms with Crippen LogP contribution in [0.4, 0.5) is 0 Å². The average Bonchev–Trinajstić information content (AvgIpc) is 2.92. The molecule has 4 unspecified atom stereocenters. The third-order valence-corrected chi connectivity index (χ3v) is 5.08. The SMILES string of the molecule is NCC1CCN(CC2CC3CCC2C3)C1. The van der Waals surface area contributed by atoms with E-state index in [0.717, 1.165) is 30.2 Å². The molecule has 2 aliphatic carbocycles. The van der Waals surface area contributed by atoms with Gasteiger partial charge in [0, 0.05) is 13.1 Å². The number of nitrogens with two attached hydrogens (primary N) is 1. The van der Waals surface area contributed by atoms with E-state index in [-0.39, 0.29) is 0 Å². The van der Waals surface area contributed by atoms with Gasteiger partial charge >= 0.3 is 0 Å². The Morgan fingerprint density at radius 2 is 2.07 bits per heavy atom. The molecule has 2 heteroatoms. The smallest absolute Gasteiger partial charge is 0.00223 e. The first-order valence-corrected chi connectivity index (χ1v) is 6.77. The first-order valence-electron chi connectivity index (χ1n) is 6.77. The van der Waals surface area contributed by atoms with Gasteiger partial charge in [0.25, 0.3) is 0 Å². The lowest BCUT2D eigenvalue weighted by atomic mass is 9.88. The summed E-state index contributed by atoms with van der Waals surface area (Å²) in [6, 6.07) is 0. The minimum absolute atomic E-state index is 0.795. The molecule has 86 valence electrons. The molecule has 2 nitrogen and oxygen atoms in total. The van der Waals surface area contributed by atoms with Crippen LogP contribution in [0.15, 0.2) is 0 Å². The molecule has 2 saturated carbocycles. The zero-order chi connectivity index (χ0) is 10.3. The van der Waals surface area contributed by atoms with Crippen molar-refractivity contribution in [2.45, 2.75) is 32.1 Å². The summed E-state index contributed by atoms with van der Waals surface area (Å²) in [6.07, 6.45) is 7.50. The Kier molecular flexibility index (Phi) is 2.73. The van der Waals surface area contributed by atoms with Crippen LogP contribution < -0.4 is 5.73 Å². The highest BCUT2D eigenvalue weighted by molar-refractivity contribution is 4.92. The summed E-state index contributed by atoms with van der Waals surface area (Å²) in [5.41, 5.74) is 5.74. The van der Waals surface area contributed by atoms with Gasteiger partial charge in [-0.3, -0.25) is 0 Å². The summed E-state index contributed by atoms with van der Waals surface area (Å²) in [5, 5.41) is 0. The number of hydrogen-bond acceptors (Lipinski definition) is 2. The summed E-state index contributed by atoms with van der Waals surface area (Å²) >= 11 is 0. The van der Waals surface area contributed by atoms with Crippen molar-refractivity contribution in [3.63, 3.8) is 0 Å². The predicted molar refractivity (Wildman–Crippen MR) is 62.5 cm³/mol. The molecule has 3 rings (SSSR count).